The van der Waals surface area contributed by atoms with Gasteiger partial charge in [0.1, 0.15) is 0 Å². The minimum atomic E-state index is -0.778. The molecule has 0 saturated carbocycles. The lowest BCUT2D eigenvalue weighted by molar-refractivity contribution is 0.130. The number of thioether (sulfide) groups is 1. The van der Waals surface area contributed by atoms with Crippen LogP contribution in [0.15, 0.2) is 12.3 Å². The molecule has 0 aliphatic carbocycles. The second kappa shape index (κ2) is 3.03. The standard InChI is InChI=1S/C8H9N2OS/c11-8(3-1-5-12-8)7-2-4-9-6-10-7/h2,4,11H,1,3,5H2. The molecule has 63 valence electrons. The Morgan fingerprint density at radius 1 is 1.67 bits per heavy atom. The maximum Gasteiger partial charge on any atom is 0.198 e. The third kappa shape index (κ3) is 1.32. The van der Waals surface area contributed by atoms with Crippen LogP contribution in [0, 0.1) is 6.33 Å². The van der Waals surface area contributed by atoms with Gasteiger partial charge in [0.15, 0.2) is 11.3 Å². The summed E-state index contributed by atoms with van der Waals surface area (Å²) in [5.41, 5.74) is 0.681. The SMILES string of the molecule is OC1(c2ccn[c]n2)CCCS1. The molecule has 1 radical (unpaired) electrons. The summed E-state index contributed by atoms with van der Waals surface area (Å²) in [5, 5.41) is 10.0. The van der Waals surface area contributed by atoms with Gasteiger partial charge in [-0.2, -0.15) is 0 Å². The minimum Gasteiger partial charge on any atom is -0.374 e. The highest BCUT2D eigenvalue weighted by molar-refractivity contribution is 8.00. The van der Waals surface area contributed by atoms with E-state index in [1.165, 1.54) is 0 Å². The highest BCUT2D eigenvalue weighted by Gasteiger charge is 2.35. The number of hydrogen-bond donors (Lipinski definition) is 1. The second-order valence-corrected chi connectivity index (χ2v) is 4.15. The highest BCUT2D eigenvalue weighted by atomic mass is 32.2. The molecule has 1 N–H and O–H groups in total. The van der Waals surface area contributed by atoms with Crippen molar-refractivity contribution in [2.75, 3.05) is 5.75 Å². The van der Waals surface area contributed by atoms with E-state index in [4.69, 9.17) is 0 Å². The average Bonchev–Trinajstić information content (AvgIpc) is 2.55. The molecule has 0 spiro atoms. The zero-order chi connectivity index (χ0) is 8.44. The van der Waals surface area contributed by atoms with Crippen molar-refractivity contribution in [1.82, 2.24) is 9.97 Å². The zero-order valence-electron chi connectivity index (χ0n) is 6.53. The van der Waals surface area contributed by atoms with E-state index < -0.39 is 4.93 Å². The molecule has 12 heavy (non-hydrogen) atoms. The molecule has 0 bridgehead atoms. The monoisotopic (exact) mass is 181 g/mol. The van der Waals surface area contributed by atoms with Crippen LogP contribution in [0.3, 0.4) is 0 Å². The lowest BCUT2D eigenvalue weighted by Gasteiger charge is -2.19. The normalized spacial score (nSPS) is 29.1. The molecule has 1 atom stereocenters. The second-order valence-electron chi connectivity index (χ2n) is 2.78. The molecule has 1 unspecified atom stereocenters. The summed E-state index contributed by atoms with van der Waals surface area (Å²) in [6.45, 7) is 0. The van der Waals surface area contributed by atoms with Crippen LogP contribution in [0.25, 0.3) is 0 Å². The Bertz CT molecular complexity index is 259. The van der Waals surface area contributed by atoms with Gasteiger partial charge in [0.25, 0.3) is 0 Å². The summed E-state index contributed by atoms with van der Waals surface area (Å²) in [7, 11) is 0. The van der Waals surface area contributed by atoms with Gasteiger partial charge in [-0.15, -0.1) is 11.8 Å². The smallest absolute Gasteiger partial charge is 0.198 e. The largest absolute Gasteiger partial charge is 0.374 e. The van der Waals surface area contributed by atoms with Crippen molar-refractivity contribution in [2.45, 2.75) is 17.8 Å². The van der Waals surface area contributed by atoms with Gasteiger partial charge in [-0.3, -0.25) is 0 Å². The molecule has 1 aromatic heterocycles. The Hall–Kier alpha value is -0.610. The molecular formula is C8H9N2OS. The Balaban J connectivity index is 2.29. The zero-order valence-corrected chi connectivity index (χ0v) is 7.34. The van der Waals surface area contributed by atoms with Crippen molar-refractivity contribution >= 4 is 11.8 Å². The quantitative estimate of drug-likeness (QED) is 0.700. The summed E-state index contributed by atoms with van der Waals surface area (Å²) in [5.74, 6) is 1.00. The molecule has 1 aliphatic rings. The third-order valence-corrected chi connectivity index (χ3v) is 3.32. The molecule has 1 saturated heterocycles. The number of rotatable bonds is 1. The molecule has 2 rings (SSSR count). The Morgan fingerprint density at radius 2 is 2.58 bits per heavy atom. The number of nitrogens with zero attached hydrogens (tertiary/aromatic N) is 2. The fourth-order valence-electron chi connectivity index (χ4n) is 1.31. The molecule has 4 heteroatoms. The molecule has 1 aliphatic heterocycles. The molecular weight excluding hydrogens is 172 g/mol. The van der Waals surface area contributed by atoms with Crippen molar-refractivity contribution in [3.05, 3.63) is 24.3 Å². The van der Waals surface area contributed by atoms with Gasteiger partial charge < -0.3 is 5.11 Å². The van der Waals surface area contributed by atoms with Crippen LogP contribution in [-0.4, -0.2) is 20.8 Å². The molecule has 2 heterocycles. The maximum atomic E-state index is 10.0. The van der Waals surface area contributed by atoms with Crippen molar-refractivity contribution in [3.8, 4) is 0 Å². The Labute approximate surface area is 75.2 Å². The van der Waals surface area contributed by atoms with E-state index in [1.807, 2.05) is 0 Å². The first kappa shape index (κ1) is 8.01. The fourth-order valence-corrected chi connectivity index (χ4v) is 2.48. The number of aromatic nitrogens is 2. The van der Waals surface area contributed by atoms with Gasteiger partial charge in [0.05, 0.1) is 5.69 Å². The van der Waals surface area contributed by atoms with Crippen LogP contribution in [0.4, 0.5) is 0 Å². The van der Waals surface area contributed by atoms with Gasteiger partial charge in [-0.1, -0.05) is 0 Å². The third-order valence-electron chi connectivity index (χ3n) is 1.94. The van der Waals surface area contributed by atoms with Crippen LogP contribution >= 0.6 is 11.8 Å². The molecule has 0 amide bonds. The fraction of sp³-hybridized carbons (Fsp3) is 0.500. The highest BCUT2D eigenvalue weighted by Crippen LogP contribution is 2.42. The van der Waals surface area contributed by atoms with Gasteiger partial charge in [0, 0.05) is 6.20 Å². The van der Waals surface area contributed by atoms with Crippen molar-refractivity contribution in [2.24, 2.45) is 0 Å². The van der Waals surface area contributed by atoms with Crippen LogP contribution < -0.4 is 0 Å². The Kier molecular flexibility index (Phi) is 2.02. The van der Waals surface area contributed by atoms with Gasteiger partial charge >= 0.3 is 0 Å². The molecule has 1 aromatic rings. The van der Waals surface area contributed by atoms with Crippen molar-refractivity contribution < 1.29 is 5.11 Å². The summed E-state index contributed by atoms with van der Waals surface area (Å²) < 4.78 is 0. The minimum absolute atomic E-state index is 0.681. The molecule has 1 fully saturated rings. The van der Waals surface area contributed by atoms with Crippen LogP contribution in [0.5, 0.6) is 0 Å². The maximum absolute atomic E-state index is 10.0. The summed E-state index contributed by atoms with van der Waals surface area (Å²) in [6.07, 6.45) is 5.93. The van der Waals surface area contributed by atoms with E-state index in [9.17, 15) is 5.11 Å². The van der Waals surface area contributed by atoms with Gasteiger partial charge in [-0.05, 0) is 24.7 Å². The van der Waals surface area contributed by atoms with Crippen molar-refractivity contribution in [3.63, 3.8) is 0 Å². The first-order valence-electron chi connectivity index (χ1n) is 3.87. The van der Waals surface area contributed by atoms with Crippen LogP contribution in [0.1, 0.15) is 18.5 Å². The van der Waals surface area contributed by atoms with Gasteiger partial charge in [-0.25, -0.2) is 9.97 Å². The molecule has 0 aromatic carbocycles. The van der Waals surface area contributed by atoms with E-state index in [2.05, 4.69) is 16.3 Å². The van der Waals surface area contributed by atoms with E-state index in [0.29, 0.717) is 5.69 Å². The van der Waals surface area contributed by atoms with E-state index in [1.54, 1.807) is 24.0 Å². The summed E-state index contributed by atoms with van der Waals surface area (Å²) >= 11 is 1.54. The topological polar surface area (TPSA) is 46.0 Å². The lowest BCUT2D eigenvalue weighted by atomic mass is 10.1. The number of hydrogen-bond acceptors (Lipinski definition) is 4. The van der Waals surface area contributed by atoms with E-state index in [-0.39, 0.29) is 0 Å². The number of aliphatic hydroxyl groups is 1. The summed E-state index contributed by atoms with van der Waals surface area (Å²) in [6, 6.07) is 1.74. The van der Waals surface area contributed by atoms with Crippen molar-refractivity contribution in [1.29, 1.82) is 0 Å². The van der Waals surface area contributed by atoms with E-state index >= 15 is 0 Å². The first-order chi connectivity index (χ1) is 5.81. The van der Waals surface area contributed by atoms with E-state index in [0.717, 1.165) is 18.6 Å². The predicted octanol–water partition coefficient (Wildman–Crippen LogP) is 0.949. The first-order valence-corrected chi connectivity index (χ1v) is 4.86. The Morgan fingerprint density at radius 3 is 3.17 bits per heavy atom. The van der Waals surface area contributed by atoms with Crippen LogP contribution in [-0.2, 0) is 4.93 Å². The average molecular weight is 181 g/mol. The lowest BCUT2D eigenvalue weighted by Crippen LogP contribution is -2.18. The van der Waals surface area contributed by atoms with Gasteiger partial charge in [0.2, 0.25) is 0 Å². The predicted molar refractivity (Wildman–Crippen MR) is 46.5 cm³/mol. The molecule has 3 nitrogen and oxygen atoms in total. The van der Waals surface area contributed by atoms with Crippen LogP contribution in [0.2, 0.25) is 0 Å². The summed E-state index contributed by atoms with van der Waals surface area (Å²) in [4.78, 5) is 6.84.